The van der Waals surface area contributed by atoms with Gasteiger partial charge in [0.25, 0.3) is 0 Å². The summed E-state index contributed by atoms with van der Waals surface area (Å²) in [4.78, 5) is 4.20. The summed E-state index contributed by atoms with van der Waals surface area (Å²) in [5.41, 5.74) is 6.82. The number of hydrogen-bond donors (Lipinski definition) is 1. The van der Waals surface area contributed by atoms with Crippen LogP contribution in [0.3, 0.4) is 0 Å². The molecular weight excluding hydrogens is 226 g/mol. The molecule has 5 heteroatoms. The number of halogens is 1. The molecule has 0 aliphatic carbocycles. The lowest BCUT2D eigenvalue weighted by Gasteiger charge is -2.09. The van der Waals surface area contributed by atoms with Crippen molar-refractivity contribution in [2.24, 2.45) is 5.73 Å². The maximum atomic E-state index is 5.72. The third kappa shape index (κ3) is 2.59. The smallest absolute Gasteiger partial charge is 0.235 e. The van der Waals surface area contributed by atoms with E-state index in [1.807, 2.05) is 30.3 Å². The van der Waals surface area contributed by atoms with E-state index in [0.717, 1.165) is 5.56 Å². The summed E-state index contributed by atoms with van der Waals surface area (Å²) in [6.45, 7) is 2.26. The van der Waals surface area contributed by atoms with E-state index in [1.54, 1.807) is 6.92 Å². The Labute approximate surface area is 100 Å². The number of aryl methyl sites for hydroxylation is 1. The van der Waals surface area contributed by atoms with Crippen molar-refractivity contribution in [3.8, 4) is 0 Å². The van der Waals surface area contributed by atoms with Crippen molar-refractivity contribution in [2.45, 2.75) is 12.8 Å². The summed E-state index contributed by atoms with van der Waals surface area (Å²) >= 11 is 0. The van der Waals surface area contributed by atoms with Crippen molar-refractivity contribution in [1.82, 2.24) is 10.1 Å². The number of nitrogens with two attached hydrogens (primary N) is 1. The fourth-order valence-corrected chi connectivity index (χ4v) is 1.52. The van der Waals surface area contributed by atoms with Crippen LogP contribution in [-0.4, -0.2) is 16.7 Å². The van der Waals surface area contributed by atoms with Crippen LogP contribution in [0.4, 0.5) is 0 Å². The fraction of sp³-hybridized carbons (Fsp3) is 0.273. The zero-order valence-electron chi connectivity index (χ0n) is 8.96. The Balaban J connectivity index is 0.00000128. The molecule has 16 heavy (non-hydrogen) atoms. The summed E-state index contributed by atoms with van der Waals surface area (Å²) in [5, 5.41) is 3.77. The largest absolute Gasteiger partial charge is 0.339 e. The number of nitrogens with zero attached hydrogens (tertiary/aromatic N) is 2. The van der Waals surface area contributed by atoms with Crippen LogP contribution in [0, 0.1) is 6.92 Å². The van der Waals surface area contributed by atoms with Crippen LogP contribution >= 0.6 is 12.4 Å². The van der Waals surface area contributed by atoms with E-state index in [4.69, 9.17) is 10.3 Å². The molecule has 0 spiro atoms. The zero-order chi connectivity index (χ0) is 10.7. The first-order chi connectivity index (χ1) is 7.31. The van der Waals surface area contributed by atoms with Gasteiger partial charge in [0.05, 0.1) is 5.92 Å². The third-order valence-corrected chi connectivity index (χ3v) is 2.28. The Hall–Kier alpha value is -1.39. The summed E-state index contributed by atoms with van der Waals surface area (Å²) in [6, 6.07) is 9.94. The van der Waals surface area contributed by atoms with Gasteiger partial charge in [0.2, 0.25) is 5.89 Å². The average molecular weight is 240 g/mol. The second-order valence-electron chi connectivity index (χ2n) is 3.38. The molecule has 0 amide bonds. The fourth-order valence-electron chi connectivity index (χ4n) is 1.52. The first-order valence-electron chi connectivity index (χ1n) is 4.86. The monoisotopic (exact) mass is 239 g/mol. The van der Waals surface area contributed by atoms with Crippen molar-refractivity contribution >= 4 is 12.4 Å². The van der Waals surface area contributed by atoms with E-state index in [2.05, 4.69) is 10.1 Å². The molecule has 0 bridgehead atoms. The van der Waals surface area contributed by atoms with Gasteiger partial charge >= 0.3 is 0 Å². The highest BCUT2D eigenvalue weighted by Gasteiger charge is 2.18. The first-order valence-corrected chi connectivity index (χ1v) is 4.86. The summed E-state index contributed by atoms with van der Waals surface area (Å²) in [5.74, 6) is 1.22. The molecule has 4 nitrogen and oxygen atoms in total. The molecule has 2 rings (SSSR count). The Morgan fingerprint density at radius 1 is 1.31 bits per heavy atom. The standard InChI is InChI=1S/C11H13N3O.ClH/c1-8-13-11(15-14-8)10(7-12)9-5-3-2-4-6-9;/h2-6,10H,7,12H2,1H3;1H. The Bertz CT molecular complexity index is 430. The van der Waals surface area contributed by atoms with Gasteiger partial charge < -0.3 is 10.3 Å². The molecule has 0 fully saturated rings. The van der Waals surface area contributed by atoms with Gasteiger partial charge in [0, 0.05) is 6.54 Å². The second kappa shape index (κ2) is 5.63. The van der Waals surface area contributed by atoms with Crippen LogP contribution < -0.4 is 5.73 Å². The lowest BCUT2D eigenvalue weighted by Crippen LogP contribution is -2.14. The number of aromatic nitrogens is 2. The van der Waals surface area contributed by atoms with Gasteiger partial charge in [0.1, 0.15) is 0 Å². The summed E-state index contributed by atoms with van der Waals surface area (Å²) < 4.78 is 5.13. The average Bonchev–Trinajstić information content (AvgIpc) is 2.68. The van der Waals surface area contributed by atoms with Crippen LogP contribution in [0.1, 0.15) is 23.2 Å². The lowest BCUT2D eigenvalue weighted by molar-refractivity contribution is 0.363. The molecule has 2 N–H and O–H groups in total. The first kappa shape index (κ1) is 12.7. The Morgan fingerprint density at radius 3 is 2.50 bits per heavy atom. The van der Waals surface area contributed by atoms with Gasteiger partial charge in [-0.1, -0.05) is 35.5 Å². The van der Waals surface area contributed by atoms with E-state index in [-0.39, 0.29) is 18.3 Å². The predicted molar refractivity (Wildman–Crippen MR) is 63.6 cm³/mol. The van der Waals surface area contributed by atoms with Crippen molar-refractivity contribution in [2.75, 3.05) is 6.54 Å². The summed E-state index contributed by atoms with van der Waals surface area (Å²) in [7, 11) is 0. The van der Waals surface area contributed by atoms with Crippen LogP contribution in [0.5, 0.6) is 0 Å². The predicted octanol–water partition coefficient (Wildman–Crippen LogP) is 1.89. The zero-order valence-corrected chi connectivity index (χ0v) is 9.78. The van der Waals surface area contributed by atoms with E-state index in [1.165, 1.54) is 0 Å². The van der Waals surface area contributed by atoms with Crippen molar-refractivity contribution in [3.05, 3.63) is 47.6 Å². The van der Waals surface area contributed by atoms with Crippen molar-refractivity contribution < 1.29 is 4.52 Å². The molecule has 1 unspecified atom stereocenters. The molecule has 1 atom stereocenters. The quantitative estimate of drug-likeness (QED) is 0.889. The van der Waals surface area contributed by atoms with Crippen LogP contribution in [0.25, 0.3) is 0 Å². The summed E-state index contributed by atoms with van der Waals surface area (Å²) in [6.07, 6.45) is 0. The number of benzene rings is 1. The van der Waals surface area contributed by atoms with E-state index < -0.39 is 0 Å². The van der Waals surface area contributed by atoms with Gasteiger partial charge in [-0.15, -0.1) is 12.4 Å². The molecular formula is C11H14ClN3O. The minimum atomic E-state index is -0.00704. The lowest BCUT2D eigenvalue weighted by atomic mass is 9.99. The normalized spacial score (nSPS) is 11.9. The van der Waals surface area contributed by atoms with E-state index in [0.29, 0.717) is 18.3 Å². The Morgan fingerprint density at radius 2 is 2.00 bits per heavy atom. The van der Waals surface area contributed by atoms with Crippen molar-refractivity contribution in [1.29, 1.82) is 0 Å². The molecule has 0 radical (unpaired) electrons. The molecule has 86 valence electrons. The molecule has 1 aromatic carbocycles. The molecule has 0 aliphatic heterocycles. The maximum Gasteiger partial charge on any atom is 0.235 e. The van der Waals surface area contributed by atoms with Crippen LogP contribution in [0.2, 0.25) is 0 Å². The molecule has 0 saturated carbocycles. The second-order valence-corrected chi connectivity index (χ2v) is 3.38. The highest BCUT2D eigenvalue weighted by molar-refractivity contribution is 5.85. The van der Waals surface area contributed by atoms with Gasteiger partial charge in [-0.2, -0.15) is 4.98 Å². The van der Waals surface area contributed by atoms with Gasteiger partial charge in [-0.25, -0.2) is 0 Å². The minimum absolute atomic E-state index is 0. The minimum Gasteiger partial charge on any atom is -0.339 e. The van der Waals surface area contributed by atoms with Gasteiger partial charge in [0.15, 0.2) is 5.82 Å². The number of rotatable bonds is 3. The highest BCUT2D eigenvalue weighted by atomic mass is 35.5. The highest BCUT2D eigenvalue weighted by Crippen LogP contribution is 2.21. The Kier molecular flexibility index (Phi) is 4.46. The third-order valence-electron chi connectivity index (χ3n) is 2.28. The van der Waals surface area contributed by atoms with E-state index >= 15 is 0 Å². The van der Waals surface area contributed by atoms with Gasteiger partial charge in [-0.3, -0.25) is 0 Å². The maximum absolute atomic E-state index is 5.72. The van der Waals surface area contributed by atoms with Gasteiger partial charge in [-0.05, 0) is 12.5 Å². The molecule has 0 saturated heterocycles. The van der Waals surface area contributed by atoms with E-state index in [9.17, 15) is 0 Å². The number of hydrogen-bond acceptors (Lipinski definition) is 4. The van der Waals surface area contributed by atoms with Crippen molar-refractivity contribution in [3.63, 3.8) is 0 Å². The molecule has 0 aliphatic rings. The molecule has 2 aromatic rings. The van der Waals surface area contributed by atoms with Crippen LogP contribution in [0.15, 0.2) is 34.9 Å². The SMILES string of the molecule is Cc1noc(C(CN)c2ccccc2)n1.Cl. The molecule has 1 aromatic heterocycles. The molecule has 1 heterocycles. The van der Waals surface area contributed by atoms with Crippen LogP contribution in [-0.2, 0) is 0 Å². The topological polar surface area (TPSA) is 64.9 Å².